The first-order valence-corrected chi connectivity index (χ1v) is 10.2. The SMILES string of the molecule is C=C/C=C/C(C)N(/C=C(\N)c1ccc(F)cc1)c1ccc(S(C)(=O)=O)cc1. The number of halogens is 1. The molecule has 2 N–H and O–H groups in total. The van der Waals surface area contributed by atoms with Crippen LogP contribution < -0.4 is 10.6 Å². The third-order valence-electron chi connectivity index (χ3n) is 3.98. The minimum absolute atomic E-state index is 0.0777. The van der Waals surface area contributed by atoms with Crippen LogP contribution >= 0.6 is 0 Å². The molecule has 0 heterocycles. The molecule has 4 nitrogen and oxygen atoms in total. The summed E-state index contributed by atoms with van der Waals surface area (Å²) in [4.78, 5) is 2.15. The Hall–Kier alpha value is -2.86. The summed E-state index contributed by atoms with van der Waals surface area (Å²) in [5, 5.41) is 0. The van der Waals surface area contributed by atoms with Gasteiger partial charge in [0.2, 0.25) is 0 Å². The molecular formula is C21H23FN2O2S. The van der Waals surface area contributed by atoms with Gasteiger partial charge in [-0.1, -0.05) is 24.8 Å². The van der Waals surface area contributed by atoms with E-state index in [4.69, 9.17) is 5.73 Å². The Bertz CT molecular complexity index is 947. The molecule has 2 rings (SSSR count). The van der Waals surface area contributed by atoms with Crippen molar-refractivity contribution in [3.8, 4) is 0 Å². The third kappa shape index (κ3) is 5.56. The fourth-order valence-corrected chi connectivity index (χ4v) is 3.12. The van der Waals surface area contributed by atoms with E-state index in [0.717, 1.165) is 5.69 Å². The topological polar surface area (TPSA) is 63.4 Å². The van der Waals surface area contributed by atoms with Crippen LogP contribution in [-0.4, -0.2) is 20.7 Å². The molecule has 0 saturated carbocycles. The van der Waals surface area contributed by atoms with E-state index in [1.165, 1.54) is 18.4 Å². The maximum absolute atomic E-state index is 13.1. The number of anilines is 1. The number of benzene rings is 2. The Morgan fingerprint density at radius 2 is 1.74 bits per heavy atom. The van der Waals surface area contributed by atoms with Gasteiger partial charge in [-0.25, -0.2) is 12.8 Å². The lowest BCUT2D eigenvalue weighted by molar-refractivity contribution is 0.602. The first kappa shape index (κ1) is 20.5. The van der Waals surface area contributed by atoms with Crippen molar-refractivity contribution in [1.82, 2.24) is 0 Å². The molecule has 27 heavy (non-hydrogen) atoms. The van der Waals surface area contributed by atoms with E-state index >= 15 is 0 Å². The normalized spacial score (nSPS) is 13.5. The minimum Gasteiger partial charge on any atom is -0.397 e. The van der Waals surface area contributed by atoms with E-state index in [-0.39, 0.29) is 16.8 Å². The van der Waals surface area contributed by atoms with Gasteiger partial charge in [0, 0.05) is 24.2 Å². The van der Waals surface area contributed by atoms with E-state index in [1.54, 1.807) is 48.7 Å². The van der Waals surface area contributed by atoms with Crippen LogP contribution in [0.25, 0.3) is 5.70 Å². The van der Waals surface area contributed by atoms with Gasteiger partial charge >= 0.3 is 0 Å². The molecule has 0 fully saturated rings. The fourth-order valence-electron chi connectivity index (χ4n) is 2.49. The van der Waals surface area contributed by atoms with Crippen molar-refractivity contribution in [2.24, 2.45) is 5.73 Å². The van der Waals surface area contributed by atoms with Gasteiger partial charge in [0.1, 0.15) is 5.82 Å². The van der Waals surface area contributed by atoms with Gasteiger partial charge in [-0.3, -0.25) is 0 Å². The summed E-state index contributed by atoms with van der Waals surface area (Å²) in [6, 6.07) is 12.4. The van der Waals surface area contributed by atoms with Crippen molar-refractivity contribution in [3.63, 3.8) is 0 Å². The van der Waals surface area contributed by atoms with Crippen LogP contribution in [0.2, 0.25) is 0 Å². The van der Waals surface area contributed by atoms with Crippen molar-refractivity contribution < 1.29 is 12.8 Å². The van der Waals surface area contributed by atoms with Gasteiger partial charge in [0.05, 0.1) is 10.6 Å². The van der Waals surface area contributed by atoms with E-state index in [1.807, 2.05) is 24.0 Å². The summed E-state index contributed by atoms with van der Waals surface area (Å²) >= 11 is 0. The third-order valence-corrected chi connectivity index (χ3v) is 5.11. The van der Waals surface area contributed by atoms with Crippen LogP contribution in [0.15, 0.2) is 84.4 Å². The summed E-state index contributed by atoms with van der Waals surface area (Å²) in [6.07, 6.45) is 8.35. The highest BCUT2D eigenvalue weighted by atomic mass is 32.2. The number of nitrogens with zero attached hydrogens (tertiary/aromatic N) is 1. The van der Waals surface area contributed by atoms with Crippen molar-refractivity contribution in [2.45, 2.75) is 17.9 Å². The number of rotatable bonds is 7. The summed E-state index contributed by atoms with van der Waals surface area (Å²) in [5.74, 6) is -0.331. The van der Waals surface area contributed by atoms with Crippen LogP contribution in [0.3, 0.4) is 0 Å². The van der Waals surface area contributed by atoms with Crippen molar-refractivity contribution >= 4 is 21.2 Å². The van der Waals surface area contributed by atoms with Crippen molar-refractivity contribution in [1.29, 1.82) is 0 Å². The minimum atomic E-state index is -3.27. The van der Waals surface area contributed by atoms with Gasteiger partial charge in [0.15, 0.2) is 9.84 Å². The zero-order chi connectivity index (χ0) is 20.0. The Kier molecular flexibility index (Phi) is 6.58. The summed E-state index contributed by atoms with van der Waals surface area (Å²) in [7, 11) is -3.27. The zero-order valence-electron chi connectivity index (χ0n) is 15.3. The van der Waals surface area contributed by atoms with Crippen molar-refractivity contribution in [2.75, 3.05) is 11.2 Å². The highest BCUT2D eigenvalue weighted by molar-refractivity contribution is 7.90. The van der Waals surface area contributed by atoms with E-state index in [2.05, 4.69) is 6.58 Å². The average molecular weight is 386 g/mol. The number of hydrogen-bond donors (Lipinski definition) is 1. The molecule has 1 atom stereocenters. The zero-order valence-corrected chi connectivity index (χ0v) is 16.2. The molecule has 1 unspecified atom stereocenters. The first-order chi connectivity index (χ1) is 12.7. The smallest absolute Gasteiger partial charge is 0.175 e. The summed E-state index contributed by atoms with van der Waals surface area (Å²) < 4.78 is 36.5. The number of sulfone groups is 1. The monoisotopic (exact) mass is 386 g/mol. The lowest BCUT2D eigenvalue weighted by Gasteiger charge is -2.27. The molecule has 0 bridgehead atoms. The van der Waals surface area contributed by atoms with E-state index < -0.39 is 9.84 Å². The fraction of sp³-hybridized carbons (Fsp3) is 0.143. The predicted molar refractivity (Wildman–Crippen MR) is 109 cm³/mol. The van der Waals surface area contributed by atoms with Gasteiger partial charge < -0.3 is 10.6 Å². The van der Waals surface area contributed by atoms with E-state index in [0.29, 0.717) is 11.3 Å². The molecular weight excluding hydrogens is 363 g/mol. The van der Waals surface area contributed by atoms with Gasteiger partial charge in [-0.2, -0.15) is 0 Å². The summed E-state index contributed by atoms with van der Waals surface area (Å²) in [6.45, 7) is 5.64. The Labute approximate surface area is 160 Å². The van der Waals surface area contributed by atoms with E-state index in [9.17, 15) is 12.8 Å². The molecule has 2 aromatic carbocycles. The molecule has 2 aromatic rings. The van der Waals surface area contributed by atoms with Gasteiger partial charge in [0.25, 0.3) is 0 Å². The number of nitrogens with two attached hydrogens (primary N) is 1. The average Bonchev–Trinajstić information content (AvgIpc) is 2.64. The van der Waals surface area contributed by atoms with Crippen LogP contribution in [0.5, 0.6) is 0 Å². The molecule has 0 radical (unpaired) electrons. The van der Waals surface area contributed by atoms with Gasteiger partial charge in [-0.05, 0) is 61.0 Å². The maximum atomic E-state index is 13.1. The number of hydrogen-bond acceptors (Lipinski definition) is 4. The van der Waals surface area contributed by atoms with Crippen LogP contribution in [-0.2, 0) is 9.84 Å². The molecule has 0 aliphatic heterocycles. The van der Waals surface area contributed by atoms with Gasteiger partial charge in [-0.15, -0.1) is 0 Å². The van der Waals surface area contributed by atoms with Crippen LogP contribution in [0, 0.1) is 5.82 Å². The molecule has 142 valence electrons. The second-order valence-corrected chi connectivity index (χ2v) is 8.14. The standard InChI is InChI=1S/C21H23FN2O2S/c1-4-5-6-16(2)24(15-21(23)17-7-9-18(22)10-8-17)19-11-13-20(14-12-19)27(3,25)26/h4-16H,1,23H2,2-3H3/b6-5+,21-15-. The second kappa shape index (κ2) is 8.68. The highest BCUT2D eigenvalue weighted by Crippen LogP contribution is 2.23. The number of allylic oxidation sites excluding steroid dienone is 2. The maximum Gasteiger partial charge on any atom is 0.175 e. The predicted octanol–water partition coefficient (Wildman–Crippen LogP) is 4.12. The lowest BCUT2D eigenvalue weighted by Crippen LogP contribution is -2.27. The van der Waals surface area contributed by atoms with Crippen LogP contribution in [0.4, 0.5) is 10.1 Å². The molecule has 0 amide bonds. The molecule has 0 saturated heterocycles. The molecule has 6 heteroatoms. The Morgan fingerprint density at radius 3 is 2.26 bits per heavy atom. The molecule has 0 spiro atoms. The molecule has 0 aliphatic rings. The highest BCUT2D eigenvalue weighted by Gasteiger charge is 2.13. The Balaban J connectivity index is 2.44. The molecule has 0 aromatic heterocycles. The summed E-state index contributed by atoms with van der Waals surface area (Å²) in [5.41, 5.74) is 8.13. The second-order valence-electron chi connectivity index (χ2n) is 6.13. The Morgan fingerprint density at radius 1 is 1.15 bits per heavy atom. The largest absolute Gasteiger partial charge is 0.397 e. The van der Waals surface area contributed by atoms with Crippen LogP contribution in [0.1, 0.15) is 12.5 Å². The quantitative estimate of drug-likeness (QED) is 0.727. The molecule has 0 aliphatic carbocycles. The van der Waals surface area contributed by atoms with Crippen molar-refractivity contribution in [3.05, 3.63) is 90.9 Å². The lowest BCUT2D eigenvalue weighted by atomic mass is 10.1. The first-order valence-electron chi connectivity index (χ1n) is 8.33.